The molecule has 0 atom stereocenters. The number of carbonyl (C=O) groups excluding carboxylic acids is 2. The summed E-state index contributed by atoms with van der Waals surface area (Å²) in [6.07, 6.45) is -0.386. The van der Waals surface area contributed by atoms with E-state index in [2.05, 4.69) is 27.9 Å². The maximum absolute atomic E-state index is 12.7. The molecular formula is C18H17IN2O5. The first-order valence-electron chi connectivity index (χ1n) is 7.80. The Morgan fingerprint density at radius 1 is 1.19 bits per heavy atom. The fourth-order valence-corrected chi connectivity index (χ4v) is 3.29. The third-order valence-corrected chi connectivity index (χ3v) is 4.79. The number of benzene rings is 2. The Hall–Kier alpha value is -2.49. The Balaban J connectivity index is 1.83. The van der Waals surface area contributed by atoms with Crippen LogP contribution in [0.4, 0.5) is 16.2 Å². The van der Waals surface area contributed by atoms with Crippen molar-refractivity contribution in [1.29, 1.82) is 0 Å². The molecule has 2 amide bonds. The normalized spacial score (nSPS) is 13.3. The minimum absolute atomic E-state index is 0.281. The SMILES string of the molecule is COc1cc(I)c(C(=O)Nc2cccc(N3CCOC3=O)c2)cc1OC. The number of nitrogens with one attached hydrogen (secondary N) is 1. The predicted octanol–water partition coefficient (Wildman–Crippen LogP) is 3.52. The van der Waals surface area contributed by atoms with Crippen LogP contribution in [0, 0.1) is 3.57 Å². The molecule has 1 N–H and O–H groups in total. The van der Waals surface area contributed by atoms with Gasteiger partial charge >= 0.3 is 6.09 Å². The van der Waals surface area contributed by atoms with E-state index in [4.69, 9.17) is 14.2 Å². The highest BCUT2D eigenvalue weighted by Crippen LogP contribution is 2.32. The van der Waals surface area contributed by atoms with Gasteiger partial charge in [0.2, 0.25) is 0 Å². The molecule has 7 nitrogen and oxygen atoms in total. The van der Waals surface area contributed by atoms with Crippen molar-refractivity contribution in [3.63, 3.8) is 0 Å². The quantitative estimate of drug-likeness (QED) is 0.680. The molecule has 2 aromatic carbocycles. The zero-order valence-electron chi connectivity index (χ0n) is 14.2. The summed E-state index contributed by atoms with van der Waals surface area (Å²) in [5, 5.41) is 2.85. The Morgan fingerprint density at radius 2 is 1.92 bits per heavy atom. The van der Waals surface area contributed by atoms with Crippen molar-refractivity contribution in [2.24, 2.45) is 0 Å². The molecular weight excluding hydrogens is 451 g/mol. The number of rotatable bonds is 5. The molecule has 1 fully saturated rings. The lowest BCUT2D eigenvalue weighted by atomic mass is 10.1. The highest BCUT2D eigenvalue weighted by molar-refractivity contribution is 14.1. The van der Waals surface area contributed by atoms with Gasteiger partial charge in [0.25, 0.3) is 5.91 Å². The number of hydrogen-bond donors (Lipinski definition) is 1. The molecule has 1 heterocycles. The van der Waals surface area contributed by atoms with Gasteiger partial charge in [0.15, 0.2) is 11.5 Å². The Kier molecular flexibility index (Phi) is 5.50. The maximum atomic E-state index is 12.7. The molecule has 1 saturated heterocycles. The van der Waals surface area contributed by atoms with Crippen LogP contribution in [0.1, 0.15) is 10.4 Å². The molecule has 2 aromatic rings. The summed E-state index contributed by atoms with van der Waals surface area (Å²) < 4.78 is 16.2. The van der Waals surface area contributed by atoms with E-state index in [1.54, 1.807) is 43.5 Å². The molecule has 0 aromatic heterocycles. The topological polar surface area (TPSA) is 77.1 Å². The van der Waals surface area contributed by atoms with Crippen LogP contribution in [0.2, 0.25) is 0 Å². The summed E-state index contributed by atoms with van der Waals surface area (Å²) in [5.74, 6) is 0.756. The fraction of sp³-hybridized carbons (Fsp3) is 0.222. The van der Waals surface area contributed by atoms with Crippen LogP contribution in [-0.4, -0.2) is 39.4 Å². The average molecular weight is 468 g/mol. The van der Waals surface area contributed by atoms with E-state index in [0.717, 1.165) is 3.57 Å². The highest BCUT2D eigenvalue weighted by atomic mass is 127. The van der Waals surface area contributed by atoms with Gasteiger partial charge < -0.3 is 19.5 Å². The van der Waals surface area contributed by atoms with Gasteiger partial charge in [-0.2, -0.15) is 0 Å². The van der Waals surface area contributed by atoms with E-state index in [1.807, 2.05) is 0 Å². The van der Waals surface area contributed by atoms with Crippen LogP contribution in [0.5, 0.6) is 11.5 Å². The summed E-state index contributed by atoms with van der Waals surface area (Å²) in [4.78, 5) is 25.9. The standard InChI is InChI=1S/C18H17IN2O5/c1-24-15-9-13(14(19)10-16(15)25-2)17(22)20-11-4-3-5-12(8-11)21-6-7-26-18(21)23/h3-5,8-10H,6-7H2,1-2H3,(H,20,22). The number of amides is 2. The monoisotopic (exact) mass is 468 g/mol. The lowest BCUT2D eigenvalue weighted by molar-refractivity contribution is 0.102. The molecule has 0 radical (unpaired) electrons. The largest absolute Gasteiger partial charge is 0.493 e. The Labute approximate surface area is 164 Å². The summed E-state index contributed by atoms with van der Waals surface area (Å²) in [6.45, 7) is 0.850. The summed E-state index contributed by atoms with van der Waals surface area (Å²) in [5.41, 5.74) is 1.72. The van der Waals surface area contributed by atoms with E-state index < -0.39 is 0 Å². The van der Waals surface area contributed by atoms with Gasteiger partial charge in [-0.05, 0) is 52.9 Å². The molecule has 8 heteroatoms. The molecule has 0 spiro atoms. The fourth-order valence-electron chi connectivity index (χ4n) is 2.61. The number of methoxy groups -OCH3 is 2. The van der Waals surface area contributed by atoms with Crippen LogP contribution < -0.4 is 19.7 Å². The molecule has 0 aliphatic carbocycles. The van der Waals surface area contributed by atoms with E-state index in [0.29, 0.717) is 41.6 Å². The predicted molar refractivity (Wildman–Crippen MR) is 105 cm³/mol. The van der Waals surface area contributed by atoms with Crippen LogP contribution in [0.25, 0.3) is 0 Å². The lowest BCUT2D eigenvalue weighted by Gasteiger charge is -2.15. The first-order chi connectivity index (χ1) is 12.5. The first-order valence-corrected chi connectivity index (χ1v) is 8.88. The zero-order chi connectivity index (χ0) is 18.7. The smallest absolute Gasteiger partial charge is 0.414 e. The van der Waals surface area contributed by atoms with E-state index >= 15 is 0 Å². The number of hydrogen-bond acceptors (Lipinski definition) is 5. The van der Waals surface area contributed by atoms with Gasteiger partial charge in [-0.1, -0.05) is 6.07 Å². The Morgan fingerprint density at radius 3 is 2.58 bits per heavy atom. The number of nitrogens with zero attached hydrogens (tertiary/aromatic N) is 1. The maximum Gasteiger partial charge on any atom is 0.414 e. The third kappa shape index (κ3) is 3.69. The lowest BCUT2D eigenvalue weighted by Crippen LogP contribution is -2.23. The molecule has 1 aliphatic rings. The summed E-state index contributed by atoms with van der Waals surface area (Å²) >= 11 is 2.07. The number of ether oxygens (including phenoxy) is 3. The van der Waals surface area contributed by atoms with Crippen molar-refractivity contribution in [2.75, 3.05) is 37.6 Å². The van der Waals surface area contributed by atoms with E-state index in [-0.39, 0.29) is 12.0 Å². The van der Waals surface area contributed by atoms with E-state index in [9.17, 15) is 9.59 Å². The minimum atomic E-state index is -0.386. The average Bonchev–Trinajstić information content (AvgIpc) is 3.07. The molecule has 0 saturated carbocycles. The van der Waals surface area contributed by atoms with Gasteiger partial charge in [-0.25, -0.2) is 4.79 Å². The number of cyclic esters (lactones) is 1. The van der Waals surface area contributed by atoms with Crippen molar-refractivity contribution in [3.8, 4) is 11.5 Å². The second-order valence-corrected chi connectivity index (χ2v) is 6.62. The Bertz CT molecular complexity index is 855. The molecule has 0 bridgehead atoms. The van der Waals surface area contributed by atoms with Gasteiger partial charge in [-0.15, -0.1) is 0 Å². The molecule has 136 valence electrons. The molecule has 1 aliphatic heterocycles. The second kappa shape index (κ2) is 7.81. The van der Waals surface area contributed by atoms with Gasteiger partial charge in [0.05, 0.1) is 26.3 Å². The van der Waals surface area contributed by atoms with Crippen molar-refractivity contribution in [1.82, 2.24) is 0 Å². The summed E-state index contributed by atoms with van der Waals surface area (Å²) in [7, 11) is 3.06. The van der Waals surface area contributed by atoms with Crippen molar-refractivity contribution in [3.05, 3.63) is 45.5 Å². The second-order valence-electron chi connectivity index (χ2n) is 5.46. The van der Waals surface area contributed by atoms with Crippen LogP contribution >= 0.6 is 22.6 Å². The summed E-state index contributed by atoms with van der Waals surface area (Å²) in [6, 6.07) is 10.4. The molecule has 3 rings (SSSR count). The van der Waals surface area contributed by atoms with E-state index in [1.165, 1.54) is 12.0 Å². The zero-order valence-corrected chi connectivity index (χ0v) is 16.4. The number of halogens is 1. The van der Waals surface area contributed by atoms with Crippen LogP contribution in [0.15, 0.2) is 36.4 Å². The van der Waals surface area contributed by atoms with Gasteiger partial charge in [-0.3, -0.25) is 9.69 Å². The van der Waals surface area contributed by atoms with Crippen molar-refractivity contribution < 1.29 is 23.8 Å². The molecule has 26 heavy (non-hydrogen) atoms. The van der Waals surface area contributed by atoms with Gasteiger partial charge in [0.1, 0.15) is 6.61 Å². The number of anilines is 2. The van der Waals surface area contributed by atoms with Crippen LogP contribution in [0.3, 0.4) is 0 Å². The first kappa shape index (κ1) is 18.3. The van der Waals surface area contributed by atoms with Crippen LogP contribution in [-0.2, 0) is 4.74 Å². The minimum Gasteiger partial charge on any atom is -0.493 e. The van der Waals surface area contributed by atoms with Crippen molar-refractivity contribution >= 4 is 46.0 Å². The van der Waals surface area contributed by atoms with Crippen molar-refractivity contribution in [2.45, 2.75) is 0 Å². The number of carbonyl (C=O) groups is 2. The highest BCUT2D eigenvalue weighted by Gasteiger charge is 2.24. The third-order valence-electron chi connectivity index (χ3n) is 3.89. The molecule has 0 unspecified atom stereocenters. The van der Waals surface area contributed by atoms with Gasteiger partial charge in [0, 0.05) is 14.9 Å².